The number of fused-ring (bicyclic) bond motifs is 2. The molecule has 0 spiro atoms. The van der Waals surface area contributed by atoms with Gasteiger partial charge in [-0.2, -0.15) is 0 Å². The lowest BCUT2D eigenvalue weighted by atomic mass is 10.1. The number of benzene rings is 2. The predicted octanol–water partition coefficient (Wildman–Crippen LogP) is 2.79. The number of H-pyrrole nitrogens is 1. The Kier molecular flexibility index (Phi) is 4.78. The topological polar surface area (TPSA) is 134 Å². The molecule has 160 valence electrons. The van der Waals surface area contributed by atoms with Crippen LogP contribution in [0.2, 0.25) is 0 Å². The maximum atomic E-state index is 12.5. The fourth-order valence-corrected chi connectivity index (χ4v) is 3.98. The van der Waals surface area contributed by atoms with Crippen molar-refractivity contribution >= 4 is 28.7 Å². The number of nitrogen functional groups attached to an aromatic ring is 1. The van der Waals surface area contributed by atoms with Crippen molar-refractivity contribution in [2.45, 2.75) is 19.4 Å². The highest BCUT2D eigenvalue weighted by atomic mass is 16.2. The molecule has 9 nitrogen and oxygen atoms in total. The lowest BCUT2D eigenvalue weighted by Crippen LogP contribution is -2.30. The van der Waals surface area contributed by atoms with Crippen LogP contribution in [0.3, 0.4) is 0 Å². The molecule has 1 aliphatic rings. The first-order valence-corrected chi connectivity index (χ1v) is 10.3. The standard InChI is InChI=1S/C23H21N7O2/c24-19(25)14-7-8-17-18(13-14)28-20(27-17)21-26-9-12-29(21)10-3-4-11-30-22(31)15-5-1-2-6-16(15)23(30)32/h1-2,5-9,12-13H,3-4,10-11H2,(H3,24,25)(H,27,28). The quantitative estimate of drug-likeness (QED) is 0.180. The molecule has 4 N–H and O–H groups in total. The monoisotopic (exact) mass is 427 g/mol. The number of carbonyl (C=O) groups is 2. The summed E-state index contributed by atoms with van der Waals surface area (Å²) in [5, 5.41) is 7.59. The molecule has 0 saturated carbocycles. The Bertz CT molecular complexity index is 1330. The van der Waals surface area contributed by atoms with Gasteiger partial charge in [-0.25, -0.2) is 9.97 Å². The van der Waals surface area contributed by atoms with E-state index in [1.54, 1.807) is 42.6 Å². The molecular formula is C23H21N7O2. The minimum Gasteiger partial charge on any atom is -0.384 e. The summed E-state index contributed by atoms with van der Waals surface area (Å²) in [5.41, 5.74) is 8.70. The van der Waals surface area contributed by atoms with Gasteiger partial charge in [-0.1, -0.05) is 12.1 Å². The van der Waals surface area contributed by atoms with E-state index in [4.69, 9.17) is 11.1 Å². The molecule has 3 heterocycles. The van der Waals surface area contributed by atoms with Crippen LogP contribution in [-0.2, 0) is 6.54 Å². The number of nitrogens with zero attached hydrogens (tertiary/aromatic N) is 4. The number of amidine groups is 1. The van der Waals surface area contributed by atoms with E-state index < -0.39 is 0 Å². The first-order valence-electron chi connectivity index (χ1n) is 10.3. The van der Waals surface area contributed by atoms with Gasteiger partial charge in [-0.15, -0.1) is 0 Å². The second kappa shape index (κ2) is 7.77. The van der Waals surface area contributed by atoms with Crippen molar-refractivity contribution in [2.75, 3.05) is 6.54 Å². The summed E-state index contributed by atoms with van der Waals surface area (Å²) in [6, 6.07) is 12.3. The molecule has 1 aliphatic heterocycles. The molecule has 0 atom stereocenters. The van der Waals surface area contributed by atoms with Crippen LogP contribution in [0.4, 0.5) is 0 Å². The zero-order chi connectivity index (χ0) is 22.2. The molecule has 32 heavy (non-hydrogen) atoms. The van der Waals surface area contributed by atoms with Crippen molar-refractivity contribution in [1.82, 2.24) is 24.4 Å². The highest BCUT2D eigenvalue weighted by Gasteiger charge is 2.34. The zero-order valence-electron chi connectivity index (χ0n) is 17.2. The number of nitrogens with two attached hydrogens (primary N) is 1. The van der Waals surface area contributed by atoms with E-state index in [2.05, 4.69) is 15.0 Å². The molecule has 4 aromatic rings. The fraction of sp³-hybridized carbons (Fsp3) is 0.174. The van der Waals surface area contributed by atoms with Gasteiger partial charge in [0.05, 0.1) is 22.2 Å². The van der Waals surface area contributed by atoms with Gasteiger partial charge in [0.25, 0.3) is 11.8 Å². The Morgan fingerprint density at radius 1 is 1.03 bits per heavy atom. The Morgan fingerprint density at radius 3 is 2.47 bits per heavy atom. The number of unbranched alkanes of at least 4 members (excludes halogenated alkanes) is 1. The van der Waals surface area contributed by atoms with Gasteiger partial charge in [0.2, 0.25) is 0 Å². The van der Waals surface area contributed by atoms with Crippen molar-refractivity contribution in [1.29, 1.82) is 5.41 Å². The average molecular weight is 427 g/mol. The number of hydrogen-bond donors (Lipinski definition) is 3. The number of imide groups is 1. The third kappa shape index (κ3) is 3.33. The van der Waals surface area contributed by atoms with Crippen LogP contribution >= 0.6 is 0 Å². The number of nitrogens with one attached hydrogen (secondary N) is 2. The molecule has 2 aromatic heterocycles. The number of imidazole rings is 2. The first-order chi connectivity index (χ1) is 15.5. The van der Waals surface area contributed by atoms with E-state index in [0.717, 1.165) is 11.9 Å². The van der Waals surface area contributed by atoms with Gasteiger partial charge < -0.3 is 15.3 Å². The Morgan fingerprint density at radius 2 is 1.75 bits per heavy atom. The van der Waals surface area contributed by atoms with Gasteiger partial charge in [-0.05, 0) is 43.2 Å². The Labute approximate surface area is 183 Å². The number of amides is 2. The van der Waals surface area contributed by atoms with Gasteiger partial charge in [0, 0.05) is 31.0 Å². The van der Waals surface area contributed by atoms with Crippen molar-refractivity contribution in [3.63, 3.8) is 0 Å². The Hall–Kier alpha value is -4.27. The molecule has 2 aromatic carbocycles. The van der Waals surface area contributed by atoms with Crippen molar-refractivity contribution in [2.24, 2.45) is 5.73 Å². The largest absolute Gasteiger partial charge is 0.384 e. The molecule has 0 saturated heterocycles. The SMILES string of the molecule is N=C(N)c1ccc2[nH]c(-c3nccn3CCCCN3C(=O)c4ccccc4C3=O)nc2c1. The van der Waals surface area contributed by atoms with Crippen LogP contribution in [0, 0.1) is 5.41 Å². The molecule has 0 fully saturated rings. The summed E-state index contributed by atoms with van der Waals surface area (Å²) >= 11 is 0. The number of aryl methyl sites for hydroxylation is 1. The molecule has 0 aliphatic carbocycles. The third-order valence-corrected chi connectivity index (χ3v) is 5.63. The molecule has 5 rings (SSSR count). The van der Waals surface area contributed by atoms with Crippen LogP contribution in [-0.4, -0.2) is 48.6 Å². The van der Waals surface area contributed by atoms with Gasteiger partial charge in [0.15, 0.2) is 11.6 Å². The molecule has 9 heteroatoms. The number of rotatable bonds is 7. The zero-order valence-corrected chi connectivity index (χ0v) is 17.2. The molecule has 2 amide bonds. The van der Waals surface area contributed by atoms with Crippen LogP contribution in [0.5, 0.6) is 0 Å². The highest BCUT2D eigenvalue weighted by molar-refractivity contribution is 6.21. The normalized spacial score (nSPS) is 13.2. The molecule has 0 radical (unpaired) electrons. The lowest BCUT2D eigenvalue weighted by molar-refractivity contribution is 0.0651. The van der Waals surface area contributed by atoms with Crippen molar-refractivity contribution in [3.8, 4) is 11.6 Å². The maximum absolute atomic E-state index is 12.5. The molecule has 0 bridgehead atoms. The smallest absolute Gasteiger partial charge is 0.261 e. The number of aromatic nitrogens is 4. The van der Waals surface area contributed by atoms with E-state index in [1.165, 1.54) is 4.90 Å². The highest BCUT2D eigenvalue weighted by Crippen LogP contribution is 2.23. The summed E-state index contributed by atoms with van der Waals surface area (Å²) in [6.07, 6.45) is 5.05. The lowest BCUT2D eigenvalue weighted by Gasteiger charge is -2.14. The van der Waals surface area contributed by atoms with Crippen molar-refractivity contribution in [3.05, 3.63) is 71.5 Å². The maximum Gasteiger partial charge on any atom is 0.261 e. The van der Waals surface area contributed by atoms with E-state index in [-0.39, 0.29) is 17.6 Å². The number of carbonyl (C=O) groups excluding carboxylic acids is 2. The summed E-state index contributed by atoms with van der Waals surface area (Å²) < 4.78 is 1.99. The van der Waals surface area contributed by atoms with Crippen LogP contribution in [0.1, 0.15) is 39.1 Å². The van der Waals surface area contributed by atoms with Gasteiger partial charge in [0.1, 0.15) is 5.84 Å². The van der Waals surface area contributed by atoms with Gasteiger partial charge >= 0.3 is 0 Å². The predicted molar refractivity (Wildman–Crippen MR) is 119 cm³/mol. The fourth-order valence-electron chi connectivity index (χ4n) is 3.98. The van der Waals surface area contributed by atoms with E-state index in [9.17, 15) is 9.59 Å². The number of aromatic amines is 1. The second-order valence-corrected chi connectivity index (χ2v) is 7.69. The van der Waals surface area contributed by atoms with E-state index in [0.29, 0.717) is 53.4 Å². The number of hydrogen-bond acceptors (Lipinski definition) is 5. The minimum absolute atomic E-state index is 0.00369. The van der Waals surface area contributed by atoms with Crippen LogP contribution in [0.15, 0.2) is 54.9 Å². The summed E-state index contributed by atoms with van der Waals surface area (Å²) in [6.45, 7) is 1.06. The summed E-state index contributed by atoms with van der Waals surface area (Å²) in [5.74, 6) is 0.885. The molecule has 0 unspecified atom stereocenters. The van der Waals surface area contributed by atoms with Crippen molar-refractivity contribution < 1.29 is 9.59 Å². The second-order valence-electron chi connectivity index (χ2n) is 7.69. The van der Waals surface area contributed by atoms with E-state index in [1.807, 2.05) is 16.8 Å². The molecular weight excluding hydrogens is 406 g/mol. The summed E-state index contributed by atoms with van der Waals surface area (Å²) in [4.78, 5) is 38.6. The third-order valence-electron chi connectivity index (χ3n) is 5.63. The van der Waals surface area contributed by atoms with Gasteiger partial charge in [-0.3, -0.25) is 19.9 Å². The summed E-state index contributed by atoms with van der Waals surface area (Å²) in [7, 11) is 0. The minimum atomic E-state index is -0.221. The van der Waals surface area contributed by atoms with Crippen LogP contribution < -0.4 is 5.73 Å². The van der Waals surface area contributed by atoms with Crippen LogP contribution in [0.25, 0.3) is 22.7 Å². The average Bonchev–Trinajstić information content (AvgIpc) is 3.49. The first kappa shape index (κ1) is 19.7. The van der Waals surface area contributed by atoms with E-state index >= 15 is 0 Å². The Balaban J connectivity index is 1.25.